The molecule has 4 nitrogen and oxygen atoms in total. The Labute approximate surface area is 124 Å². The number of aryl methyl sites for hydroxylation is 1. The summed E-state index contributed by atoms with van der Waals surface area (Å²) in [5.41, 5.74) is 0.639. The maximum absolute atomic E-state index is 11.2. The predicted molar refractivity (Wildman–Crippen MR) is 77.8 cm³/mol. The van der Waals surface area contributed by atoms with Gasteiger partial charge in [-0.05, 0) is 57.6 Å². The van der Waals surface area contributed by atoms with Gasteiger partial charge in [0.25, 0.3) is 10.1 Å². The van der Waals surface area contributed by atoms with E-state index in [9.17, 15) is 8.42 Å². The molecular formula is C12H17Cl2NO3S. The SMILES string of the molecule is CN(C)CCCCc1cc(Cl)cc(S(=O)(=O)O)c1Cl. The first-order valence-electron chi connectivity index (χ1n) is 5.82. The second kappa shape index (κ2) is 6.90. The van der Waals surface area contributed by atoms with Crippen molar-refractivity contribution in [3.63, 3.8) is 0 Å². The molecule has 0 aliphatic carbocycles. The molecule has 0 aliphatic rings. The Kier molecular flexibility index (Phi) is 6.08. The van der Waals surface area contributed by atoms with E-state index >= 15 is 0 Å². The molecule has 0 saturated heterocycles. The van der Waals surface area contributed by atoms with E-state index in [-0.39, 0.29) is 14.9 Å². The smallest absolute Gasteiger partial charge is 0.296 e. The average molecular weight is 326 g/mol. The molecule has 0 spiro atoms. The summed E-state index contributed by atoms with van der Waals surface area (Å²) in [7, 11) is -0.369. The van der Waals surface area contributed by atoms with Crippen molar-refractivity contribution in [2.24, 2.45) is 0 Å². The van der Waals surface area contributed by atoms with Crippen LogP contribution in [-0.4, -0.2) is 38.5 Å². The first kappa shape index (κ1) is 16.7. The standard InChI is InChI=1S/C12H17Cl2NO3S/c1-15(2)6-4-3-5-9-7-10(13)8-11(12(9)14)19(16,17)18/h7-8H,3-6H2,1-2H3,(H,16,17,18). The van der Waals surface area contributed by atoms with Crippen LogP contribution in [0.15, 0.2) is 17.0 Å². The van der Waals surface area contributed by atoms with Crippen molar-refractivity contribution in [2.45, 2.75) is 24.2 Å². The molecule has 0 heterocycles. The first-order valence-corrected chi connectivity index (χ1v) is 8.01. The number of rotatable bonds is 6. The average Bonchev–Trinajstić information content (AvgIpc) is 2.26. The highest BCUT2D eigenvalue weighted by atomic mass is 35.5. The van der Waals surface area contributed by atoms with Crippen LogP contribution in [0.5, 0.6) is 0 Å². The van der Waals surface area contributed by atoms with E-state index in [1.807, 2.05) is 14.1 Å². The minimum absolute atomic E-state index is 0.0525. The van der Waals surface area contributed by atoms with E-state index in [0.717, 1.165) is 25.5 Å². The second-order valence-corrected chi connectivity index (χ2v) is 6.82. The third-order valence-electron chi connectivity index (χ3n) is 2.66. The molecule has 0 atom stereocenters. The van der Waals surface area contributed by atoms with Crippen molar-refractivity contribution >= 4 is 33.3 Å². The van der Waals surface area contributed by atoms with Gasteiger partial charge in [-0.2, -0.15) is 8.42 Å². The zero-order valence-corrected chi connectivity index (χ0v) is 13.2. The number of halogens is 2. The topological polar surface area (TPSA) is 57.6 Å². The van der Waals surface area contributed by atoms with Crippen LogP contribution in [-0.2, 0) is 16.5 Å². The lowest BCUT2D eigenvalue weighted by Crippen LogP contribution is -2.13. The number of benzene rings is 1. The highest BCUT2D eigenvalue weighted by Gasteiger charge is 2.18. The van der Waals surface area contributed by atoms with Crippen molar-refractivity contribution in [3.05, 3.63) is 27.7 Å². The van der Waals surface area contributed by atoms with Crippen LogP contribution in [0.3, 0.4) is 0 Å². The van der Waals surface area contributed by atoms with Crippen molar-refractivity contribution in [2.75, 3.05) is 20.6 Å². The molecular weight excluding hydrogens is 309 g/mol. The summed E-state index contributed by atoms with van der Waals surface area (Å²) in [5, 5.41) is 0.302. The predicted octanol–water partition coefficient (Wildman–Crippen LogP) is 3.12. The Hall–Kier alpha value is -0.330. The van der Waals surface area contributed by atoms with Crippen LogP contribution in [0.25, 0.3) is 0 Å². The van der Waals surface area contributed by atoms with Gasteiger partial charge in [0.15, 0.2) is 0 Å². The van der Waals surface area contributed by atoms with Gasteiger partial charge in [-0.1, -0.05) is 23.2 Å². The third kappa shape index (κ3) is 5.28. The first-order chi connectivity index (χ1) is 8.71. The van der Waals surface area contributed by atoms with Gasteiger partial charge in [-0.25, -0.2) is 0 Å². The molecule has 0 bridgehead atoms. The van der Waals surface area contributed by atoms with Gasteiger partial charge in [0, 0.05) is 5.02 Å². The Morgan fingerprint density at radius 3 is 2.37 bits per heavy atom. The van der Waals surface area contributed by atoms with Crippen molar-refractivity contribution in [3.8, 4) is 0 Å². The minimum Gasteiger partial charge on any atom is -0.309 e. The van der Waals surface area contributed by atoms with Gasteiger partial charge in [-0.3, -0.25) is 4.55 Å². The van der Waals surface area contributed by atoms with Crippen LogP contribution in [0.4, 0.5) is 0 Å². The Balaban J connectivity index is 2.87. The fraction of sp³-hybridized carbons (Fsp3) is 0.500. The lowest BCUT2D eigenvalue weighted by atomic mass is 10.1. The summed E-state index contributed by atoms with van der Waals surface area (Å²) in [4.78, 5) is 1.74. The summed E-state index contributed by atoms with van der Waals surface area (Å²) in [6, 6.07) is 2.79. The van der Waals surface area contributed by atoms with Crippen molar-refractivity contribution < 1.29 is 13.0 Å². The quantitative estimate of drug-likeness (QED) is 0.644. The molecule has 0 saturated carbocycles. The van der Waals surface area contributed by atoms with Gasteiger partial charge in [0.2, 0.25) is 0 Å². The van der Waals surface area contributed by atoms with Crippen LogP contribution >= 0.6 is 23.2 Å². The Morgan fingerprint density at radius 2 is 1.84 bits per heavy atom. The van der Waals surface area contributed by atoms with Crippen molar-refractivity contribution in [1.29, 1.82) is 0 Å². The minimum atomic E-state index is -4.35. The highest BCUT2D eigenvalue weighted by molar-refractivity contribution is 7.86. The molecule has 1 aromatic rings. The van der Waals surface area contributed by atoms with Crippen LogP contribution in [0, 0.1) is 0 Å². The summed E-state index contributed by atoms with van der Waals surface area (Å²) >= 11 is 11.8. The fourth-order valence-electron chi connectivity index (χ4n) is 1.73. The maximum atomic E-state index is 11.2. The third-order valence-corrected chi connectivity index (χ3v) is 4.31. The summed E-state index contributed by atoms with van der Waals surface area (Å²) < 4.78 is 31.5. The summed E-state index contributed by atoms with van der Waals surface area (Å²) in [5.74, 6) is 0. The molecule has 0 aliphatic heterocycles. The normalized spacial score (nSPS) is 12.1. The monoisotopic (exact) mass is 325 g/mol. The molecule has 19 heavy (non-hydrogen) atoms. The second-order valence-electron chi connectivity index (χ2n) is 4.61. The number of unbranched alkanes of at least 4 members (excludes halogenated alkanes) is 1. The lowest BCUT2D eigenvalue weighted by molar-refractivity contribution is 0.394. The van der Waals surface area contributed by atoms with Crippen LogP contribution in [0.1, 0.15) is 18.4 Å². The van der Waals surface area contributed by atoms with Crippen LogP contribution in [0.2, 0.25) is 10.0 Å². The highest BCUT2D eigenvalue weighted by Crippen LogP contribution is 2.30. The largest absolute Gasteiger partial charge is 0.309 e. The van der Waals surface area contributed by atoms with E-state index < -0.39 is 10.1 Å². The van der Waals surface area contributed by atoms with Gasteiger partial charge in [0.1, 0.15) is 4.90 Å². The zero-order chi connectivity index (χ0) is 14.6. The molecule has 0 radical (unpaired) electrons. The molecule has 7 heteroatoms. The molecule has 1 rings (SSSR count). The molecule has 1 aromatic carbocycles. The summed E-state index contributed by atoms with van der Waals surface area (Å²) in [6.07, 6.45) is 2.45. The van der Waals surface area contributed by atoms with Crippen molar-refractivity contribution in [1.82, 2.24) is 4.90 Å². The maximum Gasteiger partial charge on any atom is 0.296 e. The number of hydrogen-bond acceptors (Lipinski definition) is 3. The van der Waals surface area contributed by atoms with E-state index in [2.05, 4.69) is 4.90 Å². The number of nitrogens with zero attached hydrogens (tertiary/aromatic N) is 1. The van der Waals surface area contributed by atoms with Gasteiger partial charge >= 0.3 is 0 Å². The Morgan fingerprint density at radius 1 is 1.21 bits per heavy atom. The molecule has 108 valence electrons. The van der Waals surface area contributed by atoms with E-state index in [4.69, 9.17) is 27.8 Å². The van der Waals surface area contributed by atoms with E-state index in [0.29, 0.717) is 12.0 Å². The fourth-order valence-corrected chi connectivity index (χ4v) is 3.17. The molecule has 0 aromatic heterocycles. The summed E-state index contributed by atoms with van der Waals surface area (Å²) in [6.45, 7) is 0.948. The number of hydrogen-bond donors (Lipinski definition) is 1. The van der Waals surface area contributed by atoms with Gasteiger partial charge < -0.3 is 4.90 Å². The molecule has 0 unspecified atom stereocenters. The molecule has 1 N–H and O–H groups in total. The van der Waals surface area contributed by atoms with Gasteiger partial charge in [-0.15, -0.1) is 0 Å². The zero-order valence-electron chi connectivity index (χ0n) is 10.9. The van der Waals surface area contributed by atoms with E-state index in [1.54, 1.807) is 6.07 Å². The Bertz CT molecular complexity index is 544. The molecule has 0 fully saturated rings. The van der Waals surface area contributed by atoms with Crippen LogP contribution < -0.4 is 0 Å². The molecule has 0 amide bonds. The lowest BCUT2D eigenvalue weighted by Gasteiger charge is -2.11. The van der Waals surface area contributed by atoms with Gasteiger partial charge in [0.05, 0.1) is 5.02 Å². The van der Waals surface area contributed by atoms with E-state index in [1.165, 1.54) is 0 Å².